The average molecular weight is 394 g/mol. The summed E-state index contributed by atoms with van der Waals surface area (Å²) in [5.74, 6) is -1.53. The molecule has 28 heavy (non-hydrogen) atoms. The number of methoxy groups -OCH3 is 1. The first-order chi connectivity index (χ1) is 13.6. The van der Waals surface area contributed by atoms with E-state index in [4.69, 9.17) is 4.74 Å². The van der Waals surface area contributed by atoms with Crippen molar-refractivity contribution in [2.75, 3.05) is 7.11 Å². The highest BCUT2D eigenvalue weighted by molar-refractivity contribution is 7.17. The Morgan fingerprint density at radius 2 is 1.93 bits per heavy atom. The van der Waals surface area contributed by atoms with E-state index in [1.165, 1.54) is 36.6 Å². The number of rotatable bonds is 3. The smallest absolute Gasteiger partial charge is 0.325 e. The lowest BCUT2D eigenvalue weighted by Crippen LogP contribution is -2.22. The molecule has 4 aromatic rings. The Hall–Kier alpha value is -3.32. The van der Waals surface area contributed by atoms with E-state index in [1.807, 2.05) is 36.4 Å². The van der Waals surface area contributed by atoms with Gasteiger partial charge in [0.05, 0.1) is 17.3 Å². The van der Waals surface area contributed by atoms with Crippen LogP contribution in [-0.2, 0) is 16.1 Å². The molecule has 0 saturated heterocycles. The van der Waals surface area contributed by atoms with E-state index in [9.17, 15) is 14.0 Å². The number of hydrogen-bond acceptors (Lipinski definition) is 4. The molecule has 1 aromatic heterocycles. The zero-order chi connectivity index (χ0) is 19.7. The summed E-state index contributed by atoms with van der Waals surface area (Å²) in [6.07, 6.45) is 0. The van der Waals surface area contributed by atoms with Crippen LogP contribution in [0.15, 0.2) is 65.7 Å². The summed E-state index contributed by atoms with van der Waals surface area (Å²) in [4.78, 5) is 29.0. The maximum absolute atomic E-state index is 13.4. The van der Waals surface area contributed by atoms with Crippen molar-refractivity contribution < 1.29 is 18.7 Å². The van der Waals surface area contributed by atoms with E-state index >= 15 is 0 Å². The Morgan fingerprint density at radius 1 is 1.11 bits per heavy atom. The highest BCUT2D eigenvalue weighted by Gasteiger charge is 2.14. The van der Waals surface area contributed by atoms with Crippen molar-refractivity contribution in [1.29, 1.82) is 0 Å². The van der Waals surface area contributed by atoms with Crippen molar-refractivity contribution in [2.24, 2.45) is 4.99 Å². The fraction of sp³-hybridized carbons (Fsp3) is 0.0952. The third-order valence-corrected chi connectivity index (χ3v) is 5.48. The molecular formula is C21H15FN2O3S. The van der Waals surface area contributed by atoms with Crippen molar-refractivity contribution in [1.82, 2.24) is 4.57 Å². The van der Waals surface area contributed by atoms with Gasteiger partial charge in [0.2, 0.25) is 0 Å². The number of ether oxygens (including phenoxy) is 1. The molecule has 0 aliphatic heterocycles. The third-order valence-electron chi connectivity index (χ3n) is 4.36. The van der Waals surface area contributed by atoms with Crippen molar-refractivity contribution in [3.8, 4) is 0 Å². The van der Waals surface area contributed by atoms with Gasteiger partial charge in [0.1, 0.15) is 12.4 Å². The molecule has 1 amide bonds. The van der Waals surface area contributed by atoms with Gasteiger partial charge in [-0.05, 0) is 29.7 Å². The zero-order valence-corrected chi connectivity index (χ0v) is 15.7. The number of esters is 1. The predicted molar refractivity (Wildman–Crippen MR) is 106 cm³/mol. The molecule has 0 radical (unpaired) electrons. The first-order valence-corrected chi connectivity index (χ1v) is 9.31. The molecule has 1 heterocycles. The van der Waals surface area contributed by atoms with Gasteiger partial charge < -0.3 is 9.30 Å². The van der Waals surface area contributed by atoms with Gasteiger partial charge in [-0.15, -0.1) is 0 Å². The molecule has 0 saturated carbocycles. The lowest BCUT2D eigenvalue weighted by molar-refractivity contribution is -0.141. The SMILES string of the molecule is COC(=O)Cn1c(=NC(=O)c2cccc(F)c2)sc2c3ccccc3ccc21. The molecule has 0 aliphatic rings. The Kier molecular flexibility index (Phi) is 4.75. The van der Waals surface area contributed by atoms with Gasteiger partial charge in [0, 0.05) is 10.9 Å². The molecule has 0 bridgehead atoms. The molecule has 0 N–H and O–H groups in total. The number of halogens is 1. The number of nitrogens with zero attached hydrogens (tertiary/aromatic N) is 2. The second kappa shape index (κ2) is 7.36. The molecule has 3 aromatic carbocycles. The summed E-state index contributed by atoms with van der Waals surface area (Å²) in [6.45, 7) is -0.0793. The first-order valence-electron chi connectivity index (χ1n) is 8.49. The Balaban J connectivity index is 1.95. The summed E-state index contributed by atoms with van der Waals surface area (Å²) in [5.41, 5.74) is 0.923. The van der Waals surface area contributed by atoms with Crippen molar-refractivity contribution in [3.05, 3.63) is 76.8 Å². The summed E-state index contributed by atoms with van der Waals surface area (Å²) < 4.78 is 20.8. The number of amides is 1. The van der Waals surface area contributed by atoms with Crippen LogP contribution in [0.3, 0.4) is 0 Å². The molecule has 0 unspecified atom stereocenters. The Morgan fingerprint density at radius 3 is 2.71 bits per heavy atom. The van der Waals surface area contributed by atoms with Crippen LogP contribution in [-0.4, -0.2) is 23.6 Å². The van der Waals surface area contributed by atoms with Gasteiger partial charge in [-0.25, -0.2) is 4.39 Å². The third kappa shape index (κ3) is 3.32. The van der Waals surface area contributed by atoms with Crippen LogP contribution in [0, 0.1) is 5.82 Å². The van der Waals surface area contributed by atoms with Crippen molar-refractivity contribution in [2.45, 2.75) is 6.54 Å². The average Bonchev–Trinajstić information content (AvgIpc) is 3.05. The maximum Gasteiger partial charge on any atom is 0.325 e. The van der Waals surface area contributed by atoms with E-state index in [1.54, 1.807) is 4.57 Å². The largest absolute Gasteiger partial charge is 0.468 e. The molecule has 7 heteroatoms. The molecule has 0 spiro atoms. The monoisotopic (exact) mass is 394 g/mol. The second-order valence-electron chi connectivity index (χ2n) is 6.11. The van der Waals surface area contributed by atoms with Gasteiger partial charge in [-0.2, -0.15) is 4.99 Å². The van der Waals surface area contributed by atoms with Crippen LogP contribution in [0.25, 0.3) is 21.0 Å². The van der Waals surface area contributed by atoms with Gasteiger partial charge >= 0.3 is 5.97 Å². The summed E-state index contributed by atoms with van der Waals surface area (Å²) in [5, 5.41) is 2.05. The maximum atomic E-state index is 13.4. The molecule has 0 aliphatic carbocycles. The molecule has 5 nitrogen and oxygen atoms in total. The lowest BCUT2D eigenvalue weighted by Gasteiger charge is -2.04. The van der Waals surface area contributed by atoms with Gasteiger partial charge in [0.15, 0.2) is 4.80 Å². The van der Waals surface area contributed by atoms with Gasteiger partial charge in [-0.3, -0.25) is 9.59 Å². The number of thiazole rings is 1. The van der Waals surface area contributed by atoms with Crippen molar-refractivity contribution in [3.63, 3.8) is 0 Å². The van der Waals surface area contributed by atoms with Gasteiger partial charge in [-0.1, -0.05) is 47.7 Å². The van der Waals surface area contributed by atoms with E-state index in [0.29, 0.717) is 4.80 Å². The number of hydrogen-bond donors (Lipinski definition) is 0. The number of carbonyl (C=O) groups is 2. The predicted octanol–water partition coefficient (Wildman–Crippen LogP) is 3.91. The zero-order valence-electron chi connectivity index (χ0n) is 14.9. The number of benzene rings is 3. The number of aromatic nitrogens is 1. The summed E-state index contributed by atoms with van der Waals surface area (Å²) >= 11 is 1.31. The fourth-order valence-electron chi connectivity index (χ4n) is 3.00. The molecule has 140 valence electrons. The molecule has 0 atom stereocenters. The Labute approximate surface area is 163 Å². The van der Waals surface area contributed by atoms with E-state index in [2.05, 4.69) is 4.99 Å². The summed E-state index contributed by atoms with van der Waals surface area (Å²) in [7, 11) is 1.31. The summed E-state index contributed by atoms with van der Waals surface area (Å²) in [6, 6.07) is 17.1. The van der Waals surface area contributed by atoms with E-state index in [0.717, 1.165) is 27.1 Å². The van der Waals surface area contributed by atoms with E-state index < -0.39 is 17.7 Å². The molecule has 4 rings (SSSR count). The standard InChI is InChI=1S/C21H15FN2O3S/c1-27-18(25)12-24-17-10-9-13-5-2-3-8-16(13)19(17)28-21(24)23-20(26)14-6-4-7-15(22)11-14/h2-11H,12H2,1H3. The van der Waals surface area contributed by atoms with Crippen LogP contribution in [0.2, 0.25) is 0 Å². The molecular weight excluding hydrogens is 379 g/mol. The van der Waals surface area contributed by atoms with Crippen LogP contribution in [0.1, 0.15) is 10.4 Å². The first kappa shape index (κ1) is 18.1. The topological polar surface area (TPSA) is 60.7 Å². The fourth-order valence-corrected chi connectivity index (χ4v) is 4.17. The normalized spacial score (nSPS) is 11.9. The van der Waals surface area contributed by atoms with Crippen LogP contribution in [0.4, 0.5) is 4.39 Å². The lowest BCUT2D eigenvalue weighted by atomic mass is 10.1. The van der Waals surface area contributed by atoms with Crippen molar-refractivity contribution >= 4 is 44.2 Å². The number of carbonyl (C=O) groups excluding carboxylic acids is 2. The highest BCUT2D eigenvalue weighted by Crippen LogP contribution is 2.27. The minimum absolute atomic E-state index is 0.0793. The van der Waals surface area contributed by atoms with E-state index in [-0.39, 0.29) is 12.1 Å². The highest BCUT2D eigenvalue weighted by atomic mass is 32.1. The number of fused-ring (bicyclic) bond motifs is 3. The van der Waals surface area contributed by atoms with Crippen LogP contribution >= 0.6 is 11.3 Å². The van der Waals surface area contributed by atoms with Gasteiger partial charge in [0.25, 0.3) is 5.91 Å². The minimum Gasteiger partial charge on any atom is -0.468 e. The Bertz CT molecular complexity index is 1290. The second-order valence-corrected chi connectivity index (χ2v) is 7.09. The van der Waals surface area contributed by atoms with Crippen LogP contribution < -0.4 is 4.80 Å². The molecule has 0 fully saturated rings. The quantitative estimate of drug-likeness (QED) is 0.495. The minimum atomic E-state index is -0.575. The van der Waals surface area contributed by atoms with Crippen LogP contribution in [0.5, 0.6) is 0 Å².